The van der Waals surface area contributed by atoms with Crippen molar-refractivity contribution in [3.05, 3.63) is 46.1 Å². The summed E-state index contributed by atoms with van der Waals surface area (Å²) in [4.78, 5) is 28.5. The fourth-order valence-electron chi connectivity index (χ4n) is 3.03. The molecule has 0 saturated heterocycles. The van der Waals surface area contributed by atoms with Gasteiger partial charge >= 0.3 is 5.97 Å². The summed E-state index contributed by atoms with van der Waals surface area (Å²) in [5.74, 6) is -1.44. The Morgan fingerprint density at radius 3 is 2.20 bits per heavy atom. The van der Waals surface area contributed by atoms with Crippen LogP contribution in [0, 0.1) is 5.41 Å². The summed E-state index contributed by atoms with van der Waals surface area (Å²) in [6, 6.07) is 6.31. The van der Waals surface area contributed by atoms with Crippen LogP contribution in [0.3, 0.4) is 0 Å². The van der Waals surface area contributed by atoms with Gasteiger partial charge in [0.1, 0.15) is 5.70 Å². The van der Waals surface area contributed by atoms with E-state index in [9.17, 15) is 14.7 Å². The van der Waals surface area contributed by atoms with Crippen molar-refractivity contribution < 1.29 is 14.7 Å². The first kappa shape index (κ1) is 20.2. The highest BCUT2D eigenvalue weighted by Crippen LogP contribution is 2.50. The number of carboxylic acids is 1. The van der Waals surface area contributed by atoms with Gasteiger partial charge in [0, 0.05) is 16.0 Å². The third-order valence-corrected chi connectivity index (χ3v) is 5.19. The molecular formula is C17H15Cl4NO3. The van der Waals surface area contributed by atoms with Crippen LogP contribution in [0.4, 0.5) is 0 Å². The Kier molecular flexibility index (Phi) is 5.89. The predicted octanol–water partition coefficient (Wildman–Crippen LogP) is 5.49. The molecule has 0 saturated carbocycles. The van der Waals surface area contributed by atoms with Gasteiger partial charge in [-0.1, -0.05) is 53.3 Å². The van der Waals surface area contributed by atoms with Gasteiger partial charge in [-0.25, -0.2) is 4.99 Å². The van der Waals surface area contributed by atoms with E-state index in [1.165, 1.54) is 0 Å². The molecule has 0 aliphatic carbocycles. The number of alkyl halides is 3. The highest BCUT2D eigenvalue weighted by molar-refractivity contribution is 6.77. The number of halogens is 4. The SMILES string of the molecule is CCC1(CC(=O)O)C(C(Cl)(Cl)Cl)=NC(C(=O)c2ccc(Cl)cc2)=C1C. The number of aliphatic imine (C=N–C) groups is 1. The van der Waals surface area contributed by atoms with Crippen molar-refractivity contribution >= 4 is 63.9 Å². The molecule has 1 aromatic rings. The van der Waals surface area contributed by atoms with Crippen LogP contribution in [0.25, 0.3) is 0 Å². The topological polar surface area (TPSA) is 66.7 Å². The molecule has 0 bridgehead atoms. The number of hydrogen-bond acceptors (Lipinski definition) is 3. The van der Waals surface area contributed by atoms with Gasteiger partial charge in [0.2, 0.25) is 9.58 Å². The maximum absolute atomic E-state index is 12.8. The predicted molar refractivity (Wildman–Crippen MR) is 101 cm³/mol. The van der Waals surface area contributed by atoms with Crippen LogP contribution in [0.5, 0.6) is 0 Å². The third-order valence-electron chi connectivity index (χ3n) is 4.40. The first-order chi connectivity index (χ1) is 11.5. The van der Waals surface area contributed by atoms with Crippen LogP contribution in [-0.4, -0.2) is 26.4 Å². The van der Waals surface area contributed by atoms with E-state index in [2.05, 4.69) is 4.99 Å². The lowest BCUT2D eigenvalue weighted by atomic mass is 9.72. The van der Waals surface area contributed by atoms with E-state index in [1.807, 2.05) is 0 Å². The zero-order valence-corrected chi connectivity index (χ0v) is 16.5. The van der Waals surface area contributed by atoms with Gasteiger partial charge in [-0.2, -0.15) is 0 Å². The second-order valence-electron chi connectivity index (χ2n) is 5.77. The second-order valence-corrected chi connectivity index (χ2v) is 8.49. The van der Waals surface area contributed by atoms with E-state index >= 15 is 0 Å². The van der Waals surface area contributed by atoms with Crippen molar-refractivity contribution in [1.82, 2.24) is 0 Å². The molecule has 1 heterocycles. The van der Waals surface area contributed by atoms with Crippen molar-refractivity contribution in [1.29, 1.82) is 0 Å². The molecule has 0 amide bonds. The number of nitrogens with zero attached hydrogens (tertiary/aromatic N) is 1. The average Bonchev–Trinajstić information content (AvgIpc) is 2.80. The number of carboxylic acid groups (broad SMARTS) is 1. The molecule has 1 aromatic carbocycles. The molecule has 0 spiro atoms. The van der Waals surface area contributed by atoms with Gasteiger partial charge in [-0.05, 0) is 43.2 Å². The molecule has 2 rings (SSSR count). The van der Waals surface area contributed by atoms with Crippen LogP contribution in [0.1, 0.15) is 37.0 Å². The largest absolute Gasteiger partial charge is 0.481 e. The Bertz CT molecular complexity index is 778. The van der Waals surface area contributed by atoms with Gasteiger partial charge in [0.15, 0.2) is 0 Å². The smallest absolute Gasteiger partial charge is 0.304 e. The normalized spacial score (nSPS) is 20.6. The van der Waals surface area contributed by atoms with E-state index in [1.54, 1.807) is 38.1 Å². The maximum Gasteiger partial charge on any atom is 0.304 e. The fraction of sp³-hybridized carbons (Fsp3) is 0.353. The quantitative estimate of drug-likeness (QED) is 0.503. The van der Waals surface area contributed by atoms with Crippen molar-refractivity contribution in [2.75, 3.05) is 0 Å². The summed E-state index contributed by atoms with van der Waals surface area (Å²) in [7, 11) is 0. The molecule has 1 aliphatic rings. The molecule has 1 aliphatic heterocycles. The number of benzene rings is 1. The molecule has 25 heavy (non-hydrogen) atoms. The van der Waals surface area contributed by atoms with Crippen LogP contribution < -0.4 is 0 Å². The van der Waals surface area contributed by atoms with Crippen LogP contribution in [0.2, 0.25) is 5.02 Å². The van der Waals surface area contributed by atoms with Crippen molar-refractivity contribution in [3.8, 4) is 0 Å². The molecular weight excluding hydrogens is 408 g/mol. The minimum atomic E-state index is -1.92. The van der Waals surface area contributed by atoms with Crippen LogP contribution in [0.15, 0.2) is 40.5 Å². The minimum absolute atomic E-state index is 0.0599. The number of allylic oxidation sites excluding steroid dienone is 2. The Morgan fingerprint density at radius 1 is 1.20 bits per heavy atom. The van der Waals surface area contributed by atoms with Crippen molar-refractivity contribution in [3.63, 3.8) is 0 Å². The van der Waals surface area contributed by atoms with Gasteiger partial charge in [-0.3, -0.25) is 9.59 Å². The number of carbonyl (C=O) groups is 2. The van der Waals surface area contributed by atoms with Gasteiger partial charge < -0.3 is 5.11 Å². The summed E-state index contributed by atoms with van der Waals surface area (Å²) < 4.78 is -1.92. The first-order valence-corrected chi connectivity index (χ1v) is 8.94. The molecule has 1 unspecified atom stereocenters. The summed E-state index contributed by atoms with van der Waals surface area (Å²) >= 11 is 24.0. The maximum atomic E-state index is 12.8. The van der Waals surface area contributed by atoms with E-state index in [0.29, 0.717) is 22.6 Å². The number of hydrogen-bond donors (Lipinski definition) is 1. The standard InChI is InChI=1S/C17H15Cl4NO3/c1-3-16(8-12(23)24)9(2)13(22-15(16)17(19,20)21)14(25)10-4-6-11(18)7-5-10/h4-7H,3,8H2,1-2H3,(H,23,24). The molecule has 1 atom stereocenters. The number of Topliss-reactive ketones (excluding diaryl/α,β-unsaturated/α-hetero) is 1. The molecule has 0 fully saturated rings. The van der Waals surface area contributed by atoms with E-state index in [4.69, 9.17) is 46.4 Å². The zero-order chi connectivity index (χ0) is 19.0. The number of rotatable bonds is 5. The third kappa shape index (κ3) is 3.87. The lowest BCUT2D eigenvalue weighted by Gasteiger charge is -2.33. The zero-order valence-electron chi connectivity index (χ0n) is 13.4. The van der Waals surface area contributed by atoms with E-state index in [-0.39, 0.29) is 23.6 Å². The monoisotopic (exact) mass is 421 g/mol. The Hall–Kier alpha value is -1.07. The van der Waals surface area contributed by atoms with Gasteiger partial charge in [0.25, 0.3) is 0 Å². The van der Waals surface area contributed by atoms with Crippen LogP contribution in [-0.2, 0) is 4.79 Å². The molecule has 0 radical (unpaired) electrons. The van der Waals surface area contributed by atoms with E-state index in [0.717, 1.165) is 0 Å². The fourth-order valence-corrected chi connectivity index (χ4v) is 3.83. The number of ketones is 1. The van der Waals surface area contributed by atoms with Crippen molar-refractivity contribution in [2.24, 2.45) is 10.4 Å². The minimum Gasteiger partial charge on any atom is -0.481 e. The number of carbonyl (C=O) groups excluding carboxylic acids is 1. The lowest BCUT2D eigenvalue weighted by Crippen LogP contribution is -2.39. The molecule has 134 valence electrons. The highest BCUT2D eigenvalue weighted by Gasteiger charge is 2.52. The Labute approximate surface area is 165 Å². The molecule has 4 nitrogen and oxygen atoms in total. The second kappa shape index (κ2) is 7.28. The average molecular weight is 423 g/mol. The van der Waals surface area contributed by atoms with Gasteiger partial charge in [-0.15, -0.1) is 0 Å². The van der Waals surface area contributed by atoms with Crippen LogP contribution >= 0.6 is 46.4 Å². The number of aliphatic carboxylic acids is 1. The lowest BCUT2D eigenvalue weighted by molar-refractivity contribution is -0.138. The van der Waals surface area contributed by atoms with Crippen molar-refractivity contribution in [2.45, 2.75) is 30.5 Å². The Morgan fingerprint density at radius 2 is 1.76 bits per heavy atom. The van der Waals surface area contributed by atoms with E-state index < -0.39 is 15.2 Å². The Balaban J connectivity index is 2.61. The summed E-state index contributed by atoms with van der Waals surface area (Å²) in [6.07, 6.45) is 0.00868. The molecule has 0 aromatic heterocycles. The molecule has 8 heteroatoms. The summed E-state index contributed by atoms with van der Waals surface area (Å²) in [5.41, 5.74) is -0.0994. The summed E-state index contributed by atoms with van der Waals surface area (Å²) in [5, 5.41) is 9.83. The van der Waals surface area contributed by atoms with Gasteiger partial charge in [0.05, 0.1) is 12.1 Å². The first-order valence-electron chi connectivity index (χ1n) is 7.42. The summed E-state index contributed by atoms with van der Waals surface area (Å²) in [6.45, 7) is 3.43. The highest BCUT2D eigenvalue weighted by atomic mass is 35.6. The molecule has 1 N–H and O–H groups in total.